The highest BCUT2D eigenvalue weighted by atomic mass is 14.2. The van der Waals surface area contributed by atoms with Crippen molar-refractivity contribution in [3.63, 3.8) is 0 Å². The number of benzene rings is 2. The molecule has 0 unspecified atom stereocenters. The van der Waals surface area contributed by atoms with Gasteiger partial charge in [0, 0.05) is 0 Å². The van der Waals surface area contributed by atoms with Gasteiger partial charge in [-0.1, -0.05) is 48.2 Å². The van der Waals surface area contributed by atoms with Gasteiger partial charge in [0.25, 0.3) is 0 Å². The molecule has 0 saturated heterocycles. The summed E-state index contributed by atoms with van der Waals surface area (Å²) in [6, 6.07) is 17.4. The second-order valence-electron chi connectivity index (χ2n) is 4.66. The standard InChI is InChI=1S/C16H15/c1-11(2)16-14-9-5-3-7-12(14)13-8-4-6-10-15(13)16/h3-11H,1-2H3/q-1. The normalized spacial score (nSPS) is 11.7. The summed E-state index contributed by atoms with van der Waals surface area (Å²) in [5.41, 5.74) is 1.49. The van der Waals surface area contributed by atoms with Crippen LogP contribution >= 0.6 is 0 Å². The fourth-order valence-corrected chi connectivity index (χ4v) is 2.67. The van der Waals surface area contributed by atoms with Crippen LogP contribution in [0.2, 0.25) is 0 Å². The van der Waals surface area contributed by atoms with Crippen LogP contribution in [0.1, 0.15) is 25.3 Å². The van der Waals surface area contributed by atoms with Crippen LogP contribution in [0.15, 0.2) is 48.5 Å². The first-order valence-electron chi connectivity index (χ1n) is 5.85. The first-order valence-corrected chi connectivity index (χ1v) is 5.85. The zero-order valence-electron chi connectivity index (χ0n) is 9.70. The molecule has 0 aromatic heterocycles. The van der Waals surface area contributed by atoms with Crippen LogP contribution in [-0.4, -0.2) is 0 Å². The van der Waals surface area contributed by atoms with Gasteiger partial charge in [-0.3, -0.25) is 0 Å². The predicted octanol–water partition coefficient (Wildman–Crippen LogP) is 4.84. The maximum Gasteiger partial charge on any atom is -0.0494 e. The predicted molar refractivity (Wildman–Crippen MR) is 71.1 cm³/mol. The van der Waals surface area contributed by atoms with Gasteiger partial charge in [-0.25, -0.2) is 0 Å². The Bertz CT molecular complexity index is 588. The molecule has 0 heteroatoms. The molecule has 0 bridgehead atoms. The van der Waals surface area contributed by atoms with Crippen LogP contribution in [-0.2, 0) is 0 Å². The van der Waals surface area contributed by atoms with Gasteiger partial charge in [0.15, 0.2) is 0 Å². The third-order valence-corrected chi connectivity index (χ3v) is 3.30. The summed E-state index contributed by atoms with van der Waals surface area (Å²) in [5.74, 6) is 0.574. The Morgan fingerprint density at radius 1 is 0.875 bits per heavy atom. The molecule has 0 spiro atoms. The van der Waals surface area contributed by atoms with E-state index in [1.165, 1.54) is 27.1 Å². The van der Waals surface area contributed by atoms with Crippen LogP contribution in [0.4, 0.5) is 0 Å². The molecular formula is C16H15-. The smallest absolute Gasteiger partial charge is 0.0494 e. The minimum Gasteiger partial charge on any atom is -0.117 e. The Hall–Kier alpha value is -1.69. The first kappa shape index (κ1) is 9.53. The molecule has 16 heavy (non-hydrogen) atoms. The molecule has 3 aromatic carbocycles. The van der Waals surface area contributed by atoms with Gasteiger partial charge in [0.05, 0.1) is 0 Å². The van der Waals surface area contributed by atoms with E-state index in [4.69, 9.17) is 0 Å². The van der Waals surface area contributed by atoms with Crippen molar-refractivity contribution >= 4 is 21.5 Å². The molecule has 0 aliphatic rings. The molecule has 0 radical (unpaired) electrons. The van der Waals surface area contributed by atoms with E-state index in [0.717, 1.165) is 0 Å². The Balaban J connectivity index is 2.59. The molecule has 0 aliphatic heterocycles. The SMILES string of the molecule is CC(C)c1c2ccccc2[c-]2ccccc12. The van der Waals surface area contributed by atoms with Crippen molar-refractivity contribution < 1.29 is 0 Å². The van der Waals surface area contributed by atoms with Crippen LogP contribution in [0, 0.1) is 0 Å². The Kier molecular flexibility index (Phi) is 2.03. The Morgan fingerprint density at radius 2 is 1.56 bits per heavy atom. The summed E-state index contributed by atoms with van der Waals surface area (Å²) in [7, 11) is 0. The zero-order chi connectivity index (χ0) is 11.1. The largest absolute Gasteiger partial charge is 0.117 e. The van der Waals surface area contributed by atoms with Crippen LogP contribution in [0.5, 0.6) is 0 Å². The number of hydrogen-bond donors (Lipinski definition) is 0. The summed E-state index contributed by atoms with van der Waals surface area (Å²) in [6.07, 6.45) is 0. The summed E-state index contributed by atoms with van der Waals surface area (Å²) in [4.78, 5) is 0. The summed E-state index contributed by atoms with van der Waals surface area (Å²) in [6.45, 7) is 4.54. The average Bonchev–Trinajstić information content (AvgIpc) is 2.63. The minimum atomic E-state index is 0.574. The highest BCUT2D eigenvalue weighted by molar-refractivity contribution is 6.15. The fraction of sp³-hybridized carbons (Fsp3) is 0.188. The maximum absolute atomic E-state index is 2.27. The average molecular weight is 207 g/mol. The van der Waals surface area contributed by atoms with E-state index < -0.39 is 0 Å². The van der Waals surface area contributed by atoms with E-state index in [1.807, 2.05) is 0 Å². The second-order valence-corrected chi connectivity index (χ2v) is 4.66. The maximum atomic E-state index is 2.27. The van der Waals surface area contributed by atoms with E-state index in [0.29, 0.717) is 5.92 Å². The van der Waals surface area contributed by atoms with E-state index in [2.05, 4.69) is 62.4 Å². The van der Waals surface area contributed by atoms with Crippen molar-refractivity contribution in [2.45, 2.75) is 19.8 Å². The molecule has 80 valence electrons. The van der Waals surface area contributed by atoms with E-state index >= 15 is 0 Å². The Labute approximate surface area is 95.9 Å². The minimum absolute atomic E-state index is 0.574. The lowest BCUT2D eigenvalue weighted by atomic mass is 10.00. The summed E-state index contributed by atoms with van der Waals surface area (Å²) in [5, 5.41) is 5.61. The summed E-state index contributed by atoms with van der Waals surface area (Å²) < 4.78 is 0. The van der Waals surface area contributed by atoms with E-state index in [1.54, 1.807) is 0 Å². The van der Waals surface area contributed by atoms with Gasteiger partial charge in [0.1, 0.15) is 0 Å². The topological polar surface area (TPSA) is 0 Å². The van der Waals surface area contributed by atoms with Crippen molar-refractivity contribution in [2.75, 3.05) is 0 Å². The second kappa shape index (κ2) is 3.41. The lowest BCUT2D eigenvalue weighted by Gasteiger charge is -2.10. The molecular weight excluding hydrogens is 192 g/mol. The molecule has 0 atom stereocenters. The van der Waals surface area contributed by atoms with Crippen molar-refractivity contribution in [1.82, 2.24) is 0 Å². The third kappa shape index (κ3) is 1.19. The highest BCUT2D eigenvalue weighted by Gasteiger charge is 2.06. The third-order valence-electron chi connectivity index (χ3n) is 3.30. The van der Waals surface area contributed by atoms with Gasteiger partial charge < -0.3 is 0 Å². The van der Waals surface area contributed by atoms with E-state index in [9.17, 15) is 0 Å². The molecule has 0 heterocycles. The molecule has 0 N–H and O–H groups in total. The molecule has 0 amide bonds. The van der Waals surface area contributed by atoms with Gasteiger partial charge in [-0.2, -0.15) is 0 Å². The molecule has 0 aliphatic carbocycles. The van der Waals surface area contributed by atoms with E-state index in [-0.39, 0.29) is 0 Å². The zero-order valence-corrected chi connectivity index (χ0v) is 9.70. The van der Waals surface area contributed by atoms with Crippen LogP contribution in [0.3, 0.4) is 0 Å². The number of fused-ring (bicyclic) bond motifs is 3. The van der Waals surface area contributed by atoms with Crippen molar-refractivity contribution in [2.24, 2.45) is 0 Å². The van der Waals surface area contributed by atoms with Crippen LogP contribution < -0.4 is 0 Å². The fourth-order valence-electron chi connectivity index (χ4n) is 2.67. The number of hydrogen-bond acceptors (Lipinski definition) is 0. The van der Waals surface area contributed by atoms with Crippen LogP contribution in [0.25, 0.3) is 21.5 Å². The van der Waals surface area contributed by atoms with Gasteiger partial charge >= 0.3 is 0 Å². The van der Waals surface area contributed by atoms with Crippen molar-refractivity contribution in [3.8, 4) is 0 Å². The lowest BCUT2D eigenvalue weighted by molar-refractivity contribution is 0.887. The molecule has 0 saturated carbocycles. The molecule has 0 nitrogen and oxygen atoms in total. The molecule has 0 fully saturated rings. The van der Waals surface area contributed by atoms with Crippen molar-refractivity contribution in [1.29, 1.82) is 0 Å². The molecule has 3 rings (SSSR count). The summed E-state index contributed by atoms with van der Waals surface area (Å²) >= 11 is 0. The van der Waals surface area contributed by atoms with Gasteiger partial charge in [0.2, 0.25) is 0 Å². The first-order chi connectivity index (χ1) is 7.79. The van der Waals surface area contributed by atoms with Gasteiger partial charge in [-0.05, 0) is 5.92 Å². The Morgan fingerprint density at radius 3 is 2.38 bits per heavy atom. The molecule has 3 aromatic rings. The number of rotatable bonds is 1. The quantitative estimate of drug-likeness (QED) is 0.501. The highest BCUT2D eigenvalue weighted by Crippen LogP contribution is 2.37. The van der Waals surface area contributed by atoms with Gasteiger partial charge in [-0.15, -0.1) is 41.3 Å². The lowest BCUT2D eigenvalue weighted by Crippen LogP contribution is -1.84. The monoisotopic (exact) mass is 207 g/mol. The van der Waals surface area contributed by atoms with Crippen molar-refractivity contribution in [3.05, 3.63) is 54.1 Å².